The van der Waals surface area contributed by atoms with E-state index in [1.54, 1.807) is 6.08 Å². The van der Waals surface area contributed by atoms with Crippen molar-refractivity contribution in [1.82, 2.24) is 5.32 Å². The molecule has 0 rings (SSSR count). The van der Waals surface area contributed by atoms with Crippen molar-refractivity contribution in [3.8, 4) is 0 Å². The molecule has 0 aromatic heterocycles. The number of amides is 1. The summed E-state index contributed by atoms with van der Waals surface area (Å²) in [5, 5.41) is 14.0. The fourth-order valence-electron chi connectivity index (χ4n) is 11.0. The molecular formula is C83H148N2O6P+. The number of phosphoric acid groups is 1. The molecular weight excluding hydrogens is 1150 g/mol. The lowest BCUT2D eigenvalue weighted by Gasteiger charge is -2.25. The highest BCUT2D eigenvalue weighted by Gasteiger charge is 2.28. The highest BCUT2D eigenvalue weighted by Crippen LogP contribution is 2.43. The first kappa shape index (κ1) is 88.6. The first-order valence-corrected chi connectivity index (χ1v) is 40.1. The summed E-state index contributed by atoms with van der Waals surface area (Å²) in [6.07, 6.45) is 109. The minimum Gasteiger partial charge on any atom is -0.387 e. The van der Waals surface area contributed by atoms with Crippen LogP contribution in [0.1, 0.15) is 335 Å². The zero-order valence-corrected chi connectivity index (χ0v) is 61.6. The van der Waals surface area contributed by atoms with Gasteiger partial charge in [-0.25, -0.2) is 4.57 Å². The number of rotatable bonds is 70. The van der Waals surface area contributed by atoms with Crippen LogP contribution in [0.4, 0.5) is 0 Å². The Morgan fingerprint density at radius 1 is 0.380 bits per heavy atom. The van der Waals surface area contributed by atoms with Crippen LogP contribution in [0, 0.1) is 0 Å². The largest absolute Gasteiger partial charge is 0.472 e. The third kappa shape index (κ3) is 74.0. The quantitative estimate of drug-likeness (QED) is 0.0243. The summed E-state index contributed by atoms with van der Waals surface area (Å²) in [4.78, 5) is 23.5. The number of unbranched alkanes of at least 4 members (excludes halogenated alkanes) is 37. The number of likely N-dealkylation sites (N-methyl/N-ethyl adjacent to an activating group) is 1. The van der Waals surface area contributed by atoms with E-state index in [9.17, 15) is 19.4 Å². The van der Waals surface area contributed by atoms with Crippen LogP contribution >= 0.6 is 7.82 Å². The number of aliphatic hydroxyl groups is 1. The van der Waals surface area contributed by atoms with Crippen molar-refractivity contribution in [2.24, 2.45) is 0 Å². The minimum absolute atomic E-state index is 0.0542. The SMILES string of the molecule is CC/C=C\C/C=C\C/C=C\C/C=C\C/C=C\C/C=C\C/C=C\C/C=C\C/C=C\C/C=C\CCCCCCCCCCC(=O)NC(COP(=O)(O)OCC[N+](C)(C)C)C(O)/C=C/CCCCCCCCCCCCCCCCCCCCCCCCCCCCCCC. The van der Waals surface area contributed by atoms with Gasteiger partial charge in [-0.2, -0.15) is 0 Å². The Bertz CT molecular complexity index is 1970. The lowest BCUT2D eigenvalue weighted by Crippen LogP contribution is -2.45. The number of nitrogens with one attached hydrogen (secondary N) is 1. The van der Waals surface area contributed by atoms with Gasteiger partial charge in [-0.05, 0) is 96.3 Å². The van der Waals surface area contributed by atoms with Gasteiger partial charge in [0.1, 0.15) is 13.2 Å². The van der Waals surface area contributed by atoms with Gasteiger partial charge in [0.15, 0.2) is 0 Å². The first-order chi connectivity index (χ1) is 45.0. The lowest BCUT2D eigenvalue weighted by molar-refractivity contribution is -0.870. The molecule has 0 aromatic carbocycles. The maximum absolute atomic E-state index is 13.1. The van der Waals surface area contributed by atoms with Crippen LogP contribution in [0.15, 0.2) is 134 Å². The number of quaternary nitrogens is 1. The zero-order chi connectivity index (χ0) is 66.9. The summed E-state index contributed by atoms with van der Waals surface area (Å²) in [5.41, 5.74) is 0. The molecule has 3 unspecified atom stereocenters. The topological polar surface area (TPSA) is 105 Å². The average Bonchev–Trinajstić information content (AvgIpc) is 2.63. The summed E-state index contributed by atoms with van der Waals surface area (Å²) in [5.74, 6) is -0.187. The molecule has 0 fully saturated rings. The Morgan fingerprint density at radius 2 is 0.652 bits per heavy atom. The van der Waals surface area contributed by atoms with Crippen molar-refractivity contribution in [3.05, 3.63) is 134 Å². The van der Waals surface area contributed by atoms with Gasteiger partial charge in [-0.3, -0.25) is 13.8 Å². The van der Waals surface area contributed by atoms with Gasteiger partial charge in [0.2, 0.25) is 5.91 Å². The van der Waals surface area contributed by atoms with Gasteiger partial charge in [-0.1, -0.05) is 366 Å². The van der Waals surface area contributed by atoms with Crippen LogP contribution in [-0.4, -0.2) is 73.4 Å². The molecule has 3 N–H and O–H groups in total. The second-order valence-electron chi connectivity index (χ2n) is 27.0. The number of carbonyl (C=O) groups excluding carboxylic acids is 1. The first-order valence-electron chi connectivity index (χ1n) is 38.6. The summed E-state index contributed by atoms with van der Waals surface area (Å²) >= 11 is 0. The number of nitrogens with zero attached hydrogens (tertiary/aromatic N) is 1. The number of aliphatic hydroxyl groups excluding tert-OH is 1. The van der Waals surface area contributed by atoms with Crippen molar-refractivity contribution < 1.29 is 32.9 Å². The maximum atomic E-state index is 13.1. The predicted molar refractivity (Wildman–Crippen MR) is 405 cm³/mol. The molecule has 0 aliphatic carbocycles. The van der Waals surface area contributed by atoms with Gasteiger partial charge in [-0.15, -0.1) is 0 Å². The van der Waals surface area contributed by atoms with E-state index >= 15 is 0 Å². The van der Waals surface area contributed by atoms with E-state index in [-0.39, 0.29) is 19.1 Å². The molecule has 0 aliphatic heterocycles. The van der Waals surface area contributed by atoms with E-state index in [2.05, 4.69) is 141 Å². The lowest BCUT2D eigenvalue weighted by atomic mass is 10.0. The van der Waals surface area contributed by atoms with Crippen LogP contribution in [0.3, 0.4) is 0 Å². The Balaban J connectivity index is 4.10. The van der Waals surface area contributed by atoms with Crippen LogP contribution in [0.25, 0.3) is 0 Å². The van der Waals surface area contributed by atoms with Gasteiger partial charge in [0.25, 0.3) is 0 Å². The predicted octanol–water partition coefficient (Wildman–Crippen LogP) is 25.3. The molecule has 0 spiro atoms. The van der Waals surface area contributed by atoms with Crippen molar-refractivity contribution in [2.75, 3.05) is 40.9 Å². The van der Waals surface area contributed by atoms with E-state index in [1.807, 2.05) is 27.2 Å². The summed E-state index contributed by atoms with van der Waals surface area (Å²) < 4.78 is 23.9. The third-order valence-corrected chi connectivity index (χ3v) is 17.9. The highest BCUT2D eigenvalue weighted by molar-refractivity contribution is 7.47. The molecule has 0 heterocycles. The summed E-state index contributed by atoms with van der Waals surface area (Å²) in [7, 11) is 1.56. The Hall–Kier alpha value is -3.36. The third-order valence-electron chi connectivity index (χ3n) is 16.9. The van der Waals surface area contributed by atoms with E-state index in [0.29, 0.717) is 17.4 Å². The molecule has 0 bridgehead atoms. The van der Waals surface area contributed by atoms with Gasteiger partial charge >= 0.3 is 7.82 Å². The van der Waals surface area contributed by atoms with Crippen LogP contribution in [0.2, 0.25) is 0 Å². The van der Waals surface area contributed by atoms with Crippen molar-refractivity contribution in [1.29, 1.82) is 0 Å². The van der Waals surface area contributed by atoms with Crippen molar-refractivity contribution >= 4 is 13.7 Å². The summed E-state index contributed by atoms with van der Waals surface area (Å²) in [6.45, 7) is 4.72. The molecule has 1 amide bonds. The highest BCUT2D eigenvalue weighted by atomic mass is 31.2. The number of hydrogen-bond donors (Lipinski definition) is 3. The molecule has 0 aliphatic rings. The number of phosphoric ester groups is 1. The standard InChI is InChI=1S/C83H147N2O6P/c1-6-8-10-12-14-16-18-20-22-24-26-28-30-32-34-36-38-39-40-41-42-43-44-45-47-49-51-53-55-57-59-61-63-65-67-69-71-73-75-77-83(87)84-81(80-91-92(88,89)90-79-78-85(3,4)5)82(86)76-74-72-70-68-66-64-62-60-58-56-54-52-50-48-46-37-35-33-31-29-27-25-23-21-19-17-15-13-11-9-7-2/h8,10,14,16,20,22,26,28,32,34,38-39,41-42,44-45,49,51,55,57,74,76,81-82,86H,6-7,9,11-13,15,17-19,21,23-25,27,29-31,33,35-37,40,43,46-48,50,52-54,56,58-73,75,77-80H2,1-5H3,(H-,84,87,88,89)/p+1/b10-8-,16-14-,22-20-,28-26-,34-32-,39-38-,42-41-,45-44-,51-49-,57-55-,76-74+. The van der Waals surface area contributed by atoms with E-state index in [4.69, 9.17) is 9.05 Å². The minimum atomic E-state index is -4.37. The molecule has 9 heteroatoms. The van der Waals surface area contributed by atoms with Gasteiger partial charge in [0.05, 0.1) is 39.9 Å². The molecule has 0 radical (unpaired) electrons. The fourth-order valence-corrected chi connectivity index (χ4v) is 11.7. The average molecular weight is 1300 g/mol. The Labute approximate surface area is 570 Å². The zero-order valence-electron chi connectivity index (χ0n) is 60.8. The number of allylic oxidation sites excluding steroid dienone is 21. The molecule has 0 saturated heterocycles. The monoisotopic (exact) mass is 1300 g/mol. The van der Waals surface area contributed by atoms with E-state index in [1.165, 1.54) is 199 Å². The van der Waals surface area contributed by atoms with Crippen LogP contribution < -0.4 is 5.32 Å². The Kier molecular flexibility index (Phi) is 69.3. The second-order valence-corrected chi connectivity index (χ2v) is 28.5. The molecule has 8 nitrogen and oxygen atoms in total. The summed E-state index contributed by atoms with van der Waals surface area (Å²) in [6, 6.07) is -0.863. The smallest absolute Gasteiger partial charge is 0.387 e. The normalized spacial score (nSPS) is 14.3. The molecule has 530 valence electrons. The fraction of sp³-hybridized carbons (Fsp3) is 0.723. The Morgan fingerprint density at radius 3 is 0.957 bits per heavy atom. The second kappa shape index (κ2) is 71.9. The van der Waals surface area contributed by atoms with Crippen LogP contribution in [0.5, 0.6) is 0 Å². The molecule has 0 aromatic rings. The number of carbonyl (C=O) groups is 1. The van der Waals surface area contributed by atoms with Crippen LogP contribution in [-0.2, 0) is 18.4 Å². The molecule has 92 heavy (non-hydrogen) atoms. The van der Waals surface area contributed by atoms with Gasteiger partial charge < -0.3 is 19.8 Å². The molecule has 0 saturated carbocycles. The van der Waals surface area contributed by atoms with E-state index in [0.717, 1.165) is 116 Å². The number of hydrogen-bond acceptors (Lipinski definition) is 5. The molecule has 3 atom stereocenters. The van der Waals surface area contributed by atoms with Crippen molar-refractivity contribution in [3.63, 3.8) is 0 Å². The van der Waals surface area contributed by atoms with Crippen molar-refractivity contribution in [2.45, 2.75) is 347 Å². The van der Waals surface area contributed by atoms with E-state index < -0.39 is 20.0 Å². The maximum Gasteiger partial charge on any atom is 0.472 e. The van der Waals surface area contributed by atoms with Gasteiger partial charge in [0, 0.05) is 6.42 Å².